The highest BCUT2D eigenvalue weighted by atomic mass is 16.5. The van der Waals surface area contributed by atoms with Crippen LogP contribution < -0.4 is 9.80 Å². The third kappa shape index (κ3) is 4.35. The summed E-state index contributed by atoms with van der Waals surface area (Å²) in [6, 6.07) is 12.0. The Morgan fingerprint density at radius 2 is 1.63 bits per heavy atom. The van der Waals surface area contributed by atoms with Crippen LogP contribution >= 0.6 is 0 Å². The third-order valence-electron chi connectivity index (χ3n) is 4.82. The first-order valence-corrected chi connectivity index (χ1v) is 9.34. The summed E-state index contributed by atoms with van der Waals surface area (Å²) < 4.78 is 10.9. The minimum Gasteiger partial charge on any atom is -0.378 e. The zero-order chi connectivity index (χ0) is 18.5. The zero-order valence-electron chi connectivity index (χ0n) is 15.3. The monoisotopic (exact) mass is 365 g/mol. The fraction of sp³-hybridized carbons (Fsp3) is 0.450. The number of aromatic nitrogens is 2. The van der Waals surface area contributed by atoms with Crippen molar-refractivity contribution in [3.05, 3.63) is 47.2 Å². The largest absolute Gasteiger partial charge is 0.378 e. The first kappa shape index (κ1) is 17.7. The highest BCUT2D eigenvalue weighted by Crippen LogP contribution is 2.21. The number of ether oxygens (including phenoxy) is 2. The van der Waals surface area contributed by atoms with E-state index in [0.717, 1.165) is 62.4 Å². The normalized spacial score (nSPS) is 17.6. The third-order valence-corrected chi connectivity index (χ3v) is 4.82. The van der Waals surface area contributed by atoms with Gasteiger partial charge in [-0.1, -0.05) is 12.1 Å². The molecule has 0 atom stereocenters. The number of hydrogen-bond donors (Lipinski definition) is 0. The van der Waals surface area contributed by atoms with Crippen LogP contribution in [0.1, 0.15) is 16.8 Å². The van der Waals surface area contributed by atoms with Crippen LogP contribution in [0.15, 0.2) is 30.3 Å². The SMILES string of the molecule is N#Cc1cccc(Cc2cc(N3CCOCC3)nc(N3CCOCC3)n2)c1. The Bertz CT molecular complexity index is 787. The minimum atomic E-state index is 0.670. The number of morpholine rings is 2. The van der Waals surface area contributed by atoms with Gasteiger partial charge in [0, 0.05) is 38.7 Å². The minimum absolute atomic E-state index is 0.670. The van der Waals surface area contributed by atoms with E-state index in [1.54, 1.807) is 0 Å². The molecule has 2 aromatic rings. The number of benzene rings is 1. The van der Waals surface area contributed by atoms with E-state index in [1.165, 1.54) is 0 Å². The second-order valence-corrected chi connectivity index (χ2v) is 6.71. The van der Waals surface area contributed by atoms with E-state index in [9.17, 15) is 0 Å². The lowest BCUT2D eigenvalue weighted by molar-refractivity contribution is 0.121. The second kappa shape index (κ2) is 8.33. The molecule has 0 bridgehead atoms. The van der Waals surface area contributed by atoms with Crippen molar-refractivity contribution in [3.63, 3.8) is 0 Å². The summed E-state index contributed by atoms with van der Waals surface area (Å²) in [4.78, 5) is 14.1. The summed E-state index contributed by atoms with van der Waals surface area (Å²) in [5, 5.41) is 9.14. The highest BCUT2D eigenvalue weighted by Gasteiger charge is 2.19. The quantitative estimate of drug-likeness (QED) is 0.815. The van der Waals surface area contributed by atoms with Crippen molar-refractivity contribution in [1.82, 2.24) is 9.97 Å². The molecule has 1 aromatic heterocycles. The van der Waals surface area contributed by atoms with Gasteiger partial charge in [-0.25, -0.2) is 4.98 Å². The molecule has 2 aliphatic rings. The van der Waals surface area contributed by atoms with Crippen molar-refractivity contribution in [3.8, 4) is 6.07 Å². The molecule has 0 unspecified atom stereocenters. The molecule has 2 fully saturated rings. The van der Waals surface area contributed by atoms with E-state index in [1.807, 2.05) is 24.3 Å². The molecule has 4 rings (SSSR count). The van der Waals surface area contributed by atoms with Gasteiger partial charge in [-0.15, -0.1) is 0 Å². The van der Waals surface area contributed by atoms with E-state index in [0.29, 0.717) is 25.2 Å². The van der Waals surface area contributed by atoms with E-state index >= 15 is 0 Å². The van der Waals surface area contributed by atoms with Gasteiger partial charge in [0.25, 0.3) is 0 Å². The summed E-state index contributed by atoms with van der Waals surface area (Å²) >= 11 is 0. The maximum atomic E-state index is 9.14. The molecule has 0 saturated carbocycles. The Morgan fingerprint density at radius 3 is 2.33 bits per heavy atom. The van der Waals surface area contributed by atoms with Gasteiger partial charge < -0.3 is 19.3 Å². The van der Waals surface area contributed by atoms with Gasteiger partial charge in [0.05, 0.1) is 43.8 Å². The number of nitrogens with zero attached hydrogens (tertiary/aromatic N) is 5. The second-order valence-electron chi connectivity index (χ2n) is 6.71. The summed E-state index contributed by atoms with van der Waals surface area (Å²) in [5.74, 6) is 1.70. The smallest absolute Gasteiger partial charge is 0.227 e. The molecule has 1 aromatic carbocycles. The van der Waals surface area contributed by atoms with Crippen molar-refractivity contribution >= 4 is 11.8 Å². The molecule has 27 heavy (non-hydrogen) atoms. The zero-order valence-corrected chi connectivity index (χ0v) is 15.3. The number of rotatable bonds is 4. The average Bonchev–Trinajstić information content (AvgIpc) is 2.75. The van der Waals surface area contributed by atoms with Gasteiger partial charge in [-0.05, 0) is 17.7 Å². The maximum absolute atomic E-state index is 9.14. The van der Waals surface area contributed by atoms with Crippen LogP contribution in [0.4, 0.5) is 11.8 Å². The van der Waals surface area contributed by atoms with Gasteiger partial charge in [0.2, 0.25) is 5.95 Å². The van der Waals surface area contributed by atoms with Crippen LogP contribution in [0.3, 0.4) is 0 Å². The van der Waals surface area contributed by atoms with Crippen LogP contribution in [0.25, 0.3) is 0 Å². The molecule has 0 amide bonds. The summed E-state index contributed by atoms with van der Waals surface area (Å²) in [5.41, 5.74) is 2.71. The van der Waals surface area contributed by atoms with Crippen LogP contribution in [-0.2, 0) is 15.9 Å². The highest BCUT2D eigenvalue weighted by molar-refractivity contribution is 5.48. The van der Waals surface area contributed by atoms with E-state index in [-0.39, 0.29) is 0 Å². The van der Waals surface area contributed by atoms with E-state index in [4.69, 9.17) is 24.7 Å². The fourth-order valence-corrected chi connectivity index (χ4v) is 3.38. The molecule has 0 spiro atoms. The van der Waals surface area contributed by atoms with Crippen molar-refractivity contribution in [1.29, 1.82) is 5.26 Å². The lowest BCUT2D eigenvalue weighted by Gasteiger charge is -2.31. The molecule has 0 N–H and O–H groups in total. The molecular formula is C20H23N5O2. The summed E-state index contributed by atoms with van der Waals surface area (Å²) in [6.45, 7) is 6.11. The van der Waals surface area contributed by atoms with Gasteiger partial charge in [-0.3, -0.25) is 0 Å². The predicted octanol–water partition coefficient (Wildman–Crippen LogP) is 1.61. The molecule has 3 heterocycles. The molecule has 140 valence electrons. The molecule has 2 saturated heterocycles. The van der Waals surface area contributed by atoms with Gasteiger partial charge in [0.15, 0.2) is 0 Å². The Balaban J connectivity index is 1.65. The van der Waals surface area contributed by atoms with Crippen molar-refractivity contribution in [2.45, 2.75) is 6.42 Å². The van der Waals surface area contributed by atoms with Crippen LogP contribution in [-0.4, -0.2) is 62.6 Å². The Labute approximate surface area is 159 Å². The van der Waals surface area contributed by atoms with Gasteiger partial charge in [-0.2, -0.15) is 10.2 Å². The lowest BCUT2D eigenvalue weighted by atomic mass is 10.1. The Morgan fingerprint density at radius 1 is 0.926 bits per heavy atom. The molecule has 7 heteroatoms. The van der Waals surface area contributed by atoms with Crippen LogP contribution in [0, 0.1) is 11.3 Å². The van der Waals surface area contributed by atoms with Crippen molar-refractivity contribution < 1.29 is 9.47 Å². The molecule has 0 radical (unpaired) electrons. The predicted molar refractivity (Wildman–Crippen MR) is 102 cm³/mol. The number of hydrogen-bond acceptors (Lipinski definition) is 7. The topological polar surface area (TPSA) is 74.5 Å². The van der Waals surface area contributed by atoms with Crippen LogP contribution in [0.5, 0.6) is 0 Å². The molecule has 0 aliphatic carbocycles. The standard InChI is InChI=1S/C20H23N5O2/c21-15-17-3-1-2-16(12-17)13-18-14-19(24-4-8-26-9-5-24)23-20(22-18)25-6-10-27-11-7-25/h1-3,12,14H,4-11,13H2. The number of nitriles is 1. The van der Waals surface area contributed by atoms with Crippen molar-refractivity contribution in [2.24, 2.45) is 0 Å². The first-order chi connectivity index (χ1) is 13.3. The molecule has 2 aliphatic heterocycles. The summed E-state index contributed by atoms with van der Waals surface area (Å²) in [6.07, 6.45) is 0.673. The summed E-state index contributed by atoms with van der Waals surface area (Å²) in [7, 11) is 0. The van der Waals surface area contributed by atoms with Crippen molar-refractivity contribution in [2.75, 3.05) is 62.4 Å². The fourth-order valence-electron chi connectivity index (χ4n) is 3.38. The van der Waals surface area contributed by atoms with E-state index < -0.39 is 0 Å². The van der Waals surface area contributed by atoms with Crippen LogP contribution in [0.2, 0.25) is 0 Å². The maximum Gasteiger partial charge on any atom is 0.227 e. The lowest BCUT2D eigenvalue weighted by Crippen LogP contribution is -2.39. The Hall–Kier alpha value is -2.69. The molecule has 7 nitrogen and oxygen atoms in total. The Kier molecular flexibility index (Phi) is 5.47. The van der Waals surface area contributed by atoms with Gasteiger partial charge >= 0.3 is 0 Å². The van der Waals surface area contributed by atoms with Gasteiger partial charge in [0.1, 0.15) is 5.82 Å². The first-order valence-electron chi connectivity index (χ1n) is 9.34. The van der Waals surface area contributed by atoms with E-state index in [2.05, 4.69) is 21.9 Å². The number of anilines is 2. The molecular weight excluding hydrogens is 342 g/mol. The average molecular weight is 365 g/mol.